The minimum absolute atomic E-state index is 0.00822. The molecule has 0 atom stereocenters. The third-order valence-electron chi connectivity index (χ3n) is 9.84. The van der Waals surface area contributed by atoms with Crippen molar-refractivity contribution in [3.63, 3.8) is 0 Å². The van der Waals surface area contributed by atoms with Gasteiger partial charge in [-0.1, -0.05) is 29.0 Å². The topological polar surface area (TPSA) is 239 Å². The van der Waals surface area contributed by atoms with Crippen LogP contribution in [0, 0.1) is 0 Å². The van der Waals surface area contributed by atoms with Crippen LogP contribution in [0.1, 0.15) is 44.7 Å². The van der Waals surface area contributed by atoms with E-state index < -0.39 is 5.91 Å². The molecule has 0 spiro atoms. The first-order chi connectivity index (χ1) is 29.2. The molecule has 5 N–H and O–H groups in total. The number of aromatic nitrogens is 10. The van der Waals surface area contributed by atoms with Gasteiger partial charge in [0.15, 0.2) is 5.15 Å². The average molecular weight is 837 g/mol. The van der Waals surface area contributed by atoms with Gasteiger partial charge in [-0.3, -0.25) is 38.4 Å². The van der Waals surface area contributed by atoms with Gasteiger partial charge in [0.1, 0.15) is 11.4 Å². The van der Waals surface area contributed by atoms with Crippen LogP contribution in [0.4, 0.5) is 11.4 Å². The van der Waals surface area contributed by atoms with Crippen LogP contribution in [0.3, 0.4) is 0 Å². The molecule has 21 heteroatoms. The van der Waals surface area contributed by atoms with Crippen molar-refractivity contribution in [1.29, 1.82) is 0 Å². The number of nitrogens with one attached hydrogen (secondary N) is 5. The first kappa shape index (κ1) is 41.5. The smallest absolute Gasteiger partial charge is 0.269 e. The Morgan fingerprint density at radius 1 is 0.883 bits per heavy atom. The van der Waals surface area contributed by atoms with E-state index in [1.807, 2.05) is 31.3 Å². The van der Waals surface area contributed by atoms with Crippen molar-refractivity contribution in [1.82, 2.24) is 70.8 Å². The molecule has 312 valence electrons. The first-order valence-electron chi connectivity index (χ1n) is 19.6. The molecule has 6 aromatic rings. The fourth-order valence-electron chi connectivity index (χ4n) is 6.57. The number of pyridine rings is 4. The molecule has 20 nitrogen and oxygen atoms in total. The number of piperazine rings is 1. The number of nitrogens with zero attached hydrogens (tertiary/aromatic N) is 11. The van der Waals surface area contributed by atoms with E-state index in [9.17, 15) is 19.2 Å². The van der Waals surface area contributed by atoms with Crippen LogP contribution in [0.15, 0.2) is 72.2 Å². The van der Waals surface area contributed by atoms with Crippen molar-refractivity contribution in [2.75, 3.05) is 62.6 Å². The predicted molar refractivity (Wildman–Crippen MR) is 223 cm³/mol. The molecular weight excluding hydrogens is 792 g/mol. The monoisotopic (exact) mass is 836 g/mol. The van der Waals surface area contributed by atoms with E-state index in [2.05, 4.69) is 71.6 Å². The maximum atomic E-state index is 12.8. The van der Waals surface area contributed by atoms with Crippen molar-refractivity contribution in [2.45, 2.75) is 39.4 Å². The van der Waals surface area contributed by atoms with Gasteiger partial charge in [-0.2, -0.15) is 0 Å². The molecule has 7 rings (SSSR count). The van der Waals surface area contributed by atoms with Crippen LogP contribution in [0.5, 0.6) is 0 Å². The molecule has 1 saturated heterocycles. The zero-order valence-electron chi connectivity index (χ0n) is 33.0. The number of hydrogen-bond donors (Lipinski definition) is 5. The van der Waals surface area contributed by atoms with E-state index in [1.54, 1.807) is 40.2 Å². The average Bonchev–Trinajstić information content (AvgIpc) is 3.96. The van der Waals surface area contributed by atoms with Crippen molar-refractivity contribution in [3.8, 4) is 0 Å². The summed E-state index contributed by atoms with van der Waals surface area (Å²) >= 11 is 6.25. The molecule has 6 aromatic heterocycles. The summed E-state index contributed by atoms with van der Waals surface area (Å²) in [5.74, 6) is -1.03. The number of rotatable bonds is 18. The second-order valence-electron chi connectivity index (χ2n) is 14.1. The van der Waals surface area contributed by atoms with E-state index in [0.29, 0.717) is 56.1 Å². The van der Waals surface area contributed by atoms with Crippen LogP contribution in [-0.4, -0.2) is 125 Å². The number of aryl methyl sites for hydroxylation is 1. The zero-order valence-corrected chi connectivity index (χ0v) is 33.7. The molecule has 7 heterocycles. The van der Waals surface area contributed by atoms with Gasteiger partial charge < -0.3 is 31.2 Å². The van der Waals surface area contributed by atoms with Gasteiger partial charge in [0, 0.05) is 82.9 Å². The van der Waals surface area contributed by atoms with Crippen LogP contribution < -0.4 is 31.7 Å². The van der Waals surface area contributed by atoms with Gasteiger partial charge in [-0.05, 0) is 48.4 Å². The van der Waals surface area contributed by atoms with E-state index in [0.717, 1.165) is 60.6 Å². The normalized spacial score (nSPS) is 13.1. The number of fused-ring (bicyclic) bond motifs is 1. The number of aromatic amines is 1. The van der Waals surface area contributed by atoms with Gasteiger partial charge in [-0.15, -0.1) is 10.2 Å². The van der Waals surface area contributed by atoms with Crippen molar-refractivity contribution in [3.05, 3.63) is 111 Å². The second kappa shape index (κ2) is 19.9. The molecule has 0 radical (unpaired) electrons. The summed E-state index contributed by atoms with van der Waals surface area (Å²) in [4.78, 5) is 70.8. The highest BCUT2D eigenvalue weighted by Gasteiger charge is 2.19. The molecular formula is C39H45ClN16O4. The van der Waals surface area contributed by atoms with Gasteiger partial charge in [0.05, 0.1) is 60.1 Å². The molecule has 1 fully saturated rings. The summed E-state index contributed by atoms with van der Waals surface area (Å²) < 4.78 is 3.27. The molecule has 3 amide bonds. The standard InChI is InChI=1S/C39H45ClN16O4/c1-2-27-20-33-34(49-37(27)58)19-26(21-44-33)24-53-15-17-54(18-16-53)29-3-4-31(45-22-29)38(59)43-10-13-56-25-28(50-52-56)7-8-42-39(60)32-6-5-30(36(40)48-32)47-35(57)23-41-9-12-55-14-11-46-51-55/h3-6,11,14,19-22,25,41H,2,7-10,12-13,15-18,23-24H2,1H3,(H,42,60)(H,43,59)(H,47,57)(H,49,58). The molecule has 0 aromatic carbocycles. The van der Waals surface area contributed by atoms with E-state index in [1.165, 1.54) is 12.1 Å². The van der Waals surface area contributed by atoms with Crippen LogP contribution in [0.25, 0.3) is 11.0 Å². The summed E-state index contributed by atoms with van der Waals surface area (Å²) in [5.41, 5.74) is 5.59. The zero-order chi connectivity index (χ0) is 41.8. The molecule has 1 aliphatic rings. The highest BCUT2D eigenvalue weighted by molar-refractivity contribution is 6.32. The minimum atomic E-state index is -0.430. The number of hydrogen-bond acceptors (Lipinski definition) is 14. The number of carbonyl (C=O) groups is 3. The lowest BCUT2D eigenvalue weighted by atomic mass is 10.1. The van der Waals surface area contributed by atoms with Gasteiger partial charge in [0.25, 0.3) is 17.4 Å². The van der Waals surface area contributed by atoms with E-state index in [-0.39, 0.29) is 41.3 Å². The van der Waals surface area contributed by atoms with Crippen LogP contribution >= 0.6 is 11.6 Å². The van der Waals surface area contributed by atoms with Gasteiger partial charge >= 0.3 is 0 Å². The van der Waals surface area contributed by atoms with E-state index >= 15 is 0 Å². The lowest BCUT2D eigenvalue weighted by Gasteiger charge is -2.36. The Hall–Kier alpha value is -6.64. The second-order valence-corrected chi connectivity index (χ2v) is 14.4. The summed E-state index contributed by atoms with van der Waals surface area (Å²) in [7, 11) is 0. The van der Waals surface area contributed by atoms with Gasteiger partial charge in [0.2, 0.25) is 5.91 Å². The molecule has 0 aliphatic carbocycles. The van der Waals surface area contributed by atoms with Crippen molar-refractivity contribution < 1.29 is 14.4 Å². The lowest BCUT2D eigenvalue weighted by molar-refractivity contribution is -0.115. The maximum Gasteiger partial charge on any atom is 0.269 e. The van der Waals surface area contributed by atoms with Crippen molar-refractivity contribution in [2.24, 2.45) is 0 Å². The number of halogens is 1. The minimum Gasteiger partial charge on any atom is -0.368 e. The number of amides is 3. The van der Waals surface area contributed by atoms with Crippen LogP contribution in [0.2, 0.25) is 5.15 Å². The fourth-order valence-corrected chi connectivity index (χ4v) is 6.77. The highest BCUT2D eigenvalue weighted by Crippen LogP contribution is 2.20. The molecule has 60 heavy (non-hydrogen) atoms. The SMILES string of the molecule is CCc1cc2ncc(CN3CCN(c4ccc(C(=O)NCCn5cc(CCNC(=O)c6ccc(NC(=O)CNCCn7ccnn7)c(Cl)n6)nn5)nc4)CC3)cc2[nH]c1=O. The Morgan fingerprint density at radius 2 is 1.68 bits per heavy atom. The largest absolute Gasteiger partial charge is 0.368 e. The fraction of sp³-hybridized carbons (Fsp3) is 0.359. The Balaban J connectivity index is 0.776. The predicted octanol–water partition coefficient (Wildman–Crippen LogP) is 1.06. The molecule has 0 bridgehead atoms. The lowest BCUT2D eigenvalue weighted by Crippen LogP contribution is -2.46. The molecule has 0 unspecified atom stereocenters. The first-order valence-corrected chi connectivity index (χ1v) is 20.0. The Labute approximate surface area is 349 Å². The third kappa shape index (κ3) is 11.1. The van der Waals surface area contributed by atoms with Crippen molar-refractivity contribution >= 4 is 51.7 Å². The number of H-pyrrole nitrogens is 1. The van der Waals surface area contributed by atoms with E-state index in [4.69, 9.17) is 11.6 Å². The molecule has 1 aliphatic heterocycles. The quantitative estimate of drug-likeness (QED) is 0.0602. The molecule has 0 saturated carbocycles. The van der Waals surface area contributed by atoms with Crippen LogP contribution in [-0.2, 0) is 37.3 Å². The Kier molecular flexibility index (Phi) is 13.8. The summed E-state index contributed by atoms with van der Waals surface area (Å²) in [6.07, 6.45) is 9.75. The van der Waals surface area contributed by atoms with Gasteiger partial charge in [-0.25, -0.2) is 9.97 Å². The summed E-state index contributed by atoms with van der Waals surface area (Å²) in [6.45, 7) is 8.14. The Bertz CT molecular complexity index is 2460. The summed E-state index contributed by atoms with van der Waals surface area (Å²) in [6, 6.07) is 10.5. The summed E-state index contributed by atoms with van der Waals surface area (Å²) in [5, 5.41) is 27.2. The number of carbonyl (C=O) groups excluding carboxylic acids is 3. The number of anilines is 2. The third-order valence-corrected chi connectivity index (χ3v) is 10.1. The Morgan fingerprint density at radius 3 is 2.45 bits per heavy atom. The maximum absolute atomic E-state index is 12.8. The highest BCUT2D eigenvalue weighted by atomic mass is 35.5.